The molecule has 5 rings (SSSR count). The number of alkyl halides is 3. The van der Waals surface area contributed by atoms with Crippen LogP contribution in [0, 0.1) is 0 Å². The van der Waals surface area contributed by atoms with Crippen molar-refractivity contribution in [3.05, 3.63) is 75.1 Å². The fraction of sp³-hybridized carbons (Fsp3) is 0.300. The number of benzene rings is 1. The molecule has 8 nitrogen and oxygen atoms in total. The summed E-state index contributed by atoms with van der Waals surface area (Å²) in [6.07, 6.45) is -1.14. The summed E-state index contributed by atoms with van der Waals surface area (Å²) in [7, 11) is -2.96. The summed E-state index contributed by atoms with van der Waals surface area (Å²) in [5.41, 5.74) is 1.79. The second-order valence-electron chi connectivity index (χ2n) is 7.63. The number of methoxy groups -OCH3 is 1. The van der Waals surface area contributed by atoms with E-state index in [1.165, 1.54) is 17.6 Å². The number of esters is 1. The number of nitrogens with one attached hydrogen (secondary N) is 2. The van der Waals surface area contributed by atoms with Gasteiger partial charge in [0.15, 0.2) is 0 Å². The fourth-order valence-electron chi connectivity index (χ4n) is 4.63. The van der Waals surface area contributed by atoms with Crippen molar-refractivity contribution >= 4 is 16.0 Å². The van der Waals surface area contributed by atoms with Gasteiger partial charge in [0.2, 0.25) is 10.0 Å². The van der Waals surface area contributed by atoms with Crippen LogP contribution in [0.15, 0.2) is 47.2 Å². The molecule has 3 aliphatic heterocycles. The summed E-state index contributed by atoms with van der Waals surface area (Å²) in [6, 6.07) is 3.46. The zero-order chi connectivity index (χ0) is 22.8. The van der Waals surface area contributed by atoms with Crippen molar-refractivity contribution < 1.29 is 31.1 Å². The van der Waals surface area contributed by atoms with Crippen molar-refractivity contribution in [2.75, 3.05) is 13.7 Å². The molecule has 1 aromatic heterocycles. The van der Waals surface area contributed by atoms with E-state index in [0.717, 1.165) is 17.8 Å². The number of H-pyrrole nitrogens is 1. The van der Waals surface area contributed by atoms with Gasteiger partial charge in [-0.3, -0.25) is 5.10 Å². The Morgan fingerprint density at radius 2 is 2.03 bits per heavy atom. The number of halogens is 3. The van der Waals surface area contributed by atoms with Crippen LogP contribution in [0.2, 0.25) is 0 Å². The molecule has 32 heavy (non-hydrogen) atoms. The summed E-state index contributed by atoms with van der Waals surface area (Å²) >= 11 is 0. The van der Waals surface area contributed by atoms with Crippen LogP contribution in [0.1, 0.15) is 44.8 Å². The lowest BCUT2D eigenvalue weighted by Gasteiger charge is -2.35. The number of nitrogens with zero attached hydrogens (tertiary/aromatic N) is 2. The Hall–Kier alpha value is -3.12. The molecule has 2 atom stereocenters. The van der Waals surface area contributed by atoms with Crippen molar-refractivity contribution in [1.29, 1.82) is 0 Å². The smallest absolute Gasteiger partial charge is 0.430 e. The number of sulfonamides is 1. The van der Waals surface area contributed by atoms with E-state index in [2.05, 4.69) is 15.5 Å². The second kappa shape index (κ2) is 6.94. The Labute approximate surface area is 180 Å². The van der Waals surface area contributed by atoms with Gasteiger partial charge in [0.25, 0.3) is 0 Å². The fourth-order valence-corrected chi connectivity index (χ4v) is 6.41. The molecule has 2 aromatic rings. The molecule has 2 unspecified atom stereocenters. The van der Waals surface area contributed by atoms with Gasteiger partial charge in [0.1, 0.15) is 5.70 Å². The third-order valence-electron chi connectivity index (χ3n) is 5.98. The lowest BCUT2D eigenvalue weighted by molar-refractivity contribution is -0.0966. The largest absolute Gasteiger partial charge is 0.465 e. The van der Waals surface area contributed by atoms with Crippen molar-refractivity contribution in [3.63, 3.8) is 0 Å². The number of dihydropyridines is 1. The van der Waals surface area contributed by atoms with E-state index >= 15 is 0 Å². The summed E-state index contributed by atoms with van der Waals surface area (Å²) < 4.78 is 72.3. The predicted molar refractivity (Wildman–Crippen MR) is 106 cm³/mol. The van der Waals surface area contributed by atoms with E-state index in [1.54, 1.807) is 18.2 Å². The summed E-state index contributed by atoms with van der Waals surface area (Å²) in [6.45, 7) is -0.498. The first-order chi connectivity index (χ1) is 15.1. The molecule has 2 bridgehead atoms. The summed E-state index contributed by atoms with van der Waals surface area (Å²) in [5.74, 6) is -0.593. The summed E-state index contributed by atoms with van der Waals surface area (Å²) in [4.78, 5) is 12.2. The van der Waals surface area contributed by atoms with Crippen LogP contribution in [0.3, 0.4) is 0 Å². The minimum atomic E-state index is -4.60. The van der Waals surface area contributed by atoms with E-state index in [4.69, 9.17) is 4.74 Å². The molecule has 1 aromatic carbocycles. The van der Waals surface area contributed by atoms with Gasteiger partial charge in [-0.1, -0.05) is 12.1 Å². The number of allylic oxidation sites excluding steroid dienone is 3. The maximum atomic E-state index is 13.7. The van der Waals surface area contributed by atoms with Crippen LogP contribution in [0.5, 0.6) is 0 Å². The number of rotatable bonds is 3. The summed E-state index contributed by atoms with van der Waals surface area (Å²) in [5, 5.41) is 9.06. The molecule has 12 heteroatoms. The lowest BCUT2D eigenvalue weighted by Crippen LogP contribution is -2.41. The highest BCUT2D eigenvalue weighted by molar-refractivity contribution is 7.93. The SMILES string of the molecule is COC(=O)c1cccc2c1C1Cc3[nH]ncc3C2N1S(=O)(=O)C1=CC=C(C(F)(F)F)NC1. The molecule has 0 fully saturated rings. The third kappa shape index (κ3) is 2.89. The van der Waals surface area contributed by atoms with Crippen molar-refractivity contribution in [3.8, 4) is 0 Å². The Kier molecular flexibility index (Phi) is 4.50. The number of aromatic nitrogens is 2. The van der Waals surface area contributed by atoms with Gasteiger partial charge in [-0.15, -0.1) is 0 Å². The average molecular weight is 466 g/mol. The van der Waals surface area contributed by atoms with Gasteiger partial charge < -0.3 is 10.1 Å². The van der Waals surface area contributed by atoms with E-state index < -0.39 is 46.5 Å². The average Bonchev–Trinajstić information content (AvgIpc) is 3.34. The minimum Gasteiger partial charge on any atom is -0.465 e. The first kappa shape index (κ1) is 20.8. The van der Waals surface area contributed by atoms with Gasteiger partial charge in [-0.25, -0.2) is 13.2 Å². The van der Waals surface area contributed by atoms with Gasteiger partial charge >= 0.3 is 12.1 Å². The van der Waals surface area contributed by atoms with E-state index in [-0.39, 0.29) is 16.9 Å². The molecule has 0 radical (unpaired) electrons. The van der Waals surface area contributed by atoms with E-state index in [1.807, 2.05) is 0 Å². The van der Waals surface area contributed by atoms with E-state index in [9.17, 15) is 26.4 Å². The van der Waals surface area contributed by atoms with Crippen LogP contribution in [0.4, 0.5) is 13.2 Å². The van der Waals surface area contributed by atoms with Crippen molar-refractivity contribution in [2.24, 2.45) is 0 Å². The predicted octanol–water partition coefficient (Wildman–Crippen LogP) is 2.46. The standard InChI is InChI=1S/C20H17F3N4O4S/c1-31-19(28)12-4-2-3-11-17(12)15-7-14-13(9-25-26-14)18(11)27(15)32(29,30)10-5-6-16(24-8-10)20(21,22)23/h2-6,9,15,18,24H,7-8H2,1H3,(H,25,26). The Balaban J connectivity index is 1.65. The highest BCUT2D eigenvalue weighted by Crippen LogP contribution is 2.54. The number of ether oxygens (including phenoxy) is 1. The van der Waals surface area contributed by atoms with E-state index in [0.29, 0.717) is 16.7 Å². The number of fused-ring (bicyclic) bond motifs is 7. The molecule has 0 aliphatic carbocycles. The highest BCUT2D eigenvalue weighted by atomic mass is 32.2. The topological polar surface area (TPSA) is 104 Å². The normalized spacial score (nSPS) is 22.4. The number of carbonyl (C=O) groups is 1. The molecular formula is C20H17F3N4O4S. The molecule has 0 amide bonds. The van der Waals surface area contributed by atoms with Crippen LogP contribution < -0.4 is 5.32 Å². The maximum Gasteiger partial charge on any atom is 0.430 e. The molecule has 3 aliphatic rings. The molecule has 0 saturated heterocycles. The molecule has 0 saturated carbocycles. The Morgan fingerprint density at radius 3 is 2.69 bits per heavy atom. The van der Waals surface area contributed by atoms with Crippen LogP contribution in [-0.2, 0) is 21.2 Å². The van der Waals surface area contributed by atoms with Crippen molar-refractivity contribution in [2.45, 2.75) is 24.7 Å². The lowest BCUT2D eigenvalue weighted by atomic mass is 9.96. The van der Waals surface area contributed by atoms with Crippen LogP contribution in [-0.4, -0.2) is 48.7 Å². The molecule has 0 spiro atoms. The number of carbonyl (C=O) groups excluding carboxylic acids is 1. The zero-order valence-electron chi connectivity index (χ0n) is 16.6. The zero-order valence-corrected chi connectivity index (χ0v) is 17.4. The van der Waals surface area contributed by atoms with Crippen molar-refractivity contribution in [1.82, 2.24) is 19.8 Å². The highest BCUT2D eigenvalue weighted by Gasteiger charge is 2.53. The first-order valence-electron chi connectivity index (χ1n) is 9.63. The Morgan fingerprint density at radius 1 is 1.25 bits per heavy atom. The monoisotopic (exact) mass is 466 g/mol. The number of hydrogen-bond donors (Lipinski definition) is 2. The molecule has 2 N–H and O–H groups in total. The molecular weight excluding hydrogens is 449 g/mol. The van der Waals surface area contributed by atoms with Crippen LogP contribution in [0.25, 0.3) is 0 Å². The van der Waals surface area contributed by atoms with Gasteiger partial charge in [0, 0.05) is 17.7 Å². The third-order valence-corrected chi connectivity index (χ3v) is 7.94. The van der Waals surface area contributed by atoms with Gasteiger partial charge in [-0.2, -0.15) is 22.6 Å². The van der Waals surface area contributed by atoms with Gasteiger partial charge in [0.05, 0.1) is 42.4 Å². The Bertz CT molecular complexity index is 1300. The number of aromatic amines is 1. The number of hydrogen-bond acceptors (Lipinski definition) is 6. The minimum absolute atomic E-state index is 0.195. The van der Waals surface area contributed by atoms with Crippen LogP contribution >= 0.6 is 0 Å². The second-order valence-corrected chi connectivity index (χ2v) is 9.52. The quantitative estimate of drug-likeness (QED) is 0.674. The van der Waals surface area contributed by atoms with Gasteiger partial charge in [-0.05, 0) is 29.3 Å². The molecule has 168 valence electrons. The first-order valence-corrected chi connectivity index (χ1v) is 11.1. The maximum absolute atomic E-state index is 13.7. The molecule has 4 heterocycles.